The number of esters is 1. The molecule has 1 amide bonds. The van der Waals surface area contributed by atoms with E-state index in [4.69, 9.17) is 4.74 Å². The molecular weight excluding hydrogens is 448 g/mol. The number of rotatable bonds is 10. The molecule has 0 saturated heterocycles. The molecule has 6 nitrogen and oxygen atoms in total. The summed E-state index contributed by atoms with van der Waals surface area (Å²) >= 11 is 1.27. The standard InChI is InChI=1S/C24H27F2N3O3S/c1-4-32-22(30)8-6-18-14-33-24(27-18)28-23(31)21-11-17(9-15(2)3)13-29(21)12-16-5-7-19(25)20(26)10-16/h5,7,10-11,13-15H,4,6,8-9,12H2,1-3H3,(H,27,28,31). The molecule has 0 saturated carbocycles. The van der Waals surface area contributed by atoms with Crippen LogP contribution < -0.4 is 5.32 Å². The SMILES string of the molecule is CCOC(=O)CCc1csc(NC(=O)c2cc(CC(C)C)cn2Cc2ccc(F)c(F)c2)n1. The lowest BCUT2D eigenvalue weighted by Crippen LogP contribution is -2.17. The van der Waals surface area contributed by atoms with E-state index in [9.17, 15) is 18.4 Å². The zero-order chi connectivity index (χ0) is 24.0. The highest BCUT2D eigenvalue weighted by molar-refractivity contribution is 7.14. The highest BCUT2D eigenvalue weighted by Crippen LogP contribution is 2.21. The summed E-state index contributed by atoms with van der Waals surface area (Å²) in [7, 11) is 0. The highest BCUT2D eigenvalue weighted by Gasteiger charge is 2.17. The van der Waals surface area contributed by atoms with E-state index in [1.54, 1.807) is 16.9 Å². The predicted molar refractivity (Wildman–Crippen MR) is 123 cm³/mol. The lowest BCUT2D eigenvalue weighted by molar-refractivity contribution is -0.143. The number of aryl methyl sites for hydroxylation is 1. The van der Waals surface area contributed by atoms with Crippen LogP contribution in [0.25, 0.3) is 0 Å². The largest absolute Gasteiger partial charge is 0.466 e. The third kappa shape index (κ3) is 6.95. The number of thiazole rings is 1. The van der Waals surface area contributed by atoms with Gasteiger partial charge in [-0.2, -0.15) is 0 Å². The topological polar surface area (TPSA) is 73.2 Å². The van der Waals surface area contributed by atoms with Crippen molar-refractivity contribution in [2.45, 2.75) is 46.6 Å². The van der Waals surface area contributed by atoms with Crippen molar-refractivity contribution in [3.8, 4) is 0 Å². The van der Waals surface area contributed by atoms with Gasteiger partial charge in [0.15, 0.2) is 16.8 Å². The number of benzene rings is 1. The maximum Gasteiger partial charge on any atom is 0.306 e. The summed E-state index contributed by atoms with van der Waals surface area (Å²) in [6.45, 7) is 6.48. The Kier molecular flexibility index (Phi) is 8.32. The summed E-state index contributed by atoms with van der Waals surface area (Å²) in [6.07, 6.45) is 3.29. The Hall–Kier alpha value is -3.07. The first-order valence-corrected chi connectivity index (χ1v) is 11.7. The maximum absolute atomic E-state index is 13.7. The number of anilines is 1. The Morgan fingerprint density at radius 1 is 1.18 bits per heavy atom. The van der Waals surface area contributed by atoms with Crippen LogP contribution in [0.5, 0.6) is 0 Å². The zero-order valence-electron chi connectivity index (χ0n) is 18.9. The molecule has 1 N–H and O–H groups in total. The van der Waals surface area contributed by atoms with Crippen LogP contribution in [0.15, 0.2) is 35.8 Å². The van der Waals surface area contributed by atoms with Gasteiger partial charge in [0.25, 0.3) is 5.91 Å². The van der Waals surface area contributed by atoms with Gasteiger partial charge < -0.3 is 9.30 Å². The van der Waals surface area contributed by atoms with Gasteiger partial charge in [0, 0.05) is 24.5 Å². The molecule has 0 bridgehead atoms. The molecule has 2 heterocycles. The predicted octanol–water partition coefficient (Wildman–Crippen LogP) is 5.22. The molecule has 0 aliphatic heterocycles. The van der Waals surface area contributed by atoms with Crippen molar-refractivity contribution >= 4 is 28.3 Å². The number of ether oxygens (including phenoxy) is 1. The van der Waals surface area contributed by atoms with Crippen LogP contribution in [0.2, 0.25) is 0 Å². The van der Waals surface area contributed by atoms with Crippen molar-refractivity contribution in [2.75, 3.05) is 11.9 Å². The Bertz CT molecular complexity index is 1120. The van der Waals surface area contributed by atoms with Gasteiger partial charge >= 0.3 is 5.97 Å². The summed E-state index contributed by atoms with van der Waals surface area (Å²) in [4.78, 5) is 28.9. The van der Waals surface area contributed by atoms with Crippen LogP contribution in [0, 0.1) is 17.6 Å². The normalized spacial score (nSPS) is 11.1. The van der Waals surface area contributed by atoms with Crippen LogP contribution in [0.4, 0.5) is 13.9 Å². The molecule has 33 heavy (non-hydrogen) atoms. The number of halogens is 2. The van der Waals surface area contributed by atoms with Gasteiger partial charge in [-0.05, 0) is 48.6 Å². The van der Waals surface area contributed by atoms with E-state index >= 15 is 0 Å². The van der Waals surface area contributed by atoms with Gasteiger partial charge in [-0.15, -0.1) is 11.3 Å². The van der Waals surface area contributed by atoms with Crippen molar-refractivity contribution in [2.24, 2.45) is 5.92 Å². The van der Waals surface area contributed by atoms with Crippen LogP contribution >= 0.6 is 11.3 Å². The highest BCUT2D eigenvalue weighted by atomic mass is 32.1. The smallest absolute Gasteiger partial charge is 0.306 e. The first-order valence-electron chi connectivity index (χ1n) is 10.8. The number of carbonyl (C=O) groups is 2. The number of nitrogens with zero attached hydrogens (tertiary/aromatic N) is 2. The second-order valence-electron chi connectivity index (χ2n) is 8.11. The minimum atomic E-state index is -0.925. The monoisotopic (exact) mass is 475 g/mol. The van der Waals surface area contributed by atoms with E-state index in [2.05, 4.69) is 24.1 Å². The number of aromatic nitrogens is 2. The Balaban J connectivity index is 1.75. The third-order valence-corrected chi connectivity index (χ3v) is 5.64. The van der Waals surface area contributed by atoms with Gasteiger partial charge in [0.05, 0.1) is 18.7 Å². The average molecular weight is 476 g/mol. The quantitative estimate of drug-likeness (QED) is 0.408. The number of carbonyl (C=O) groups excluding carboxylic acids is 2. The first-order chi connectivity index (χ1) is 15.7. The Morgan fingerprint density at radius 2 is 1.97 bits per heavy atom. The van der Waals surface area contributed by atoms with Gasteiger partial charge in [-0.25, -0.2) is 13.8 Å². The molecule has 176 valence electrons. The van der Waals surface area contributed by atoms with Crippen molar-refractivity contribution in [1.82, 2.24) is 9.55 Å². The molecule has 0 radical (unpaired) electrons. The molecule has 0 aliphatic carbocycles. The number of nitrogens with one attached hydrogen (secondary N) is 1. The lowest BCUT2D eigenvalue weighted by Gasteiger charge is -2.09. The number of hydrogen-bond acceptors (Lipinski definition) is 5. The summed E-state index contributed by atoms with van der Waals surface area (Å²) < 4.78 is 33.6. The fourth-order valence-corrected chi connectivity index (χ4v) is 4.15. The summed E-state index contributed by atoms with van der Waals surface area (Å²) in [6, 6.07) is 5.52. The van der Waals surface area contributed by atoms with E-state index in [1.807, 2.05) is 12.3 Å². The van der Waals surface area contributed by atoms with E-state index < -0.39 is 11.6 Å². The summed E-state index contributed by atoms with van der Waals surface area (Å²) in [5, 5.41) is 5.01. The molecule has 3 aromatic rings. The molecule has 1 aromatic carbocycles. The molecule has 0 unspecified atom stereocenters. The van der Waals surface area contributed by atoms with Gasteiger partial charge in [0.2, 0.25) is 0 Å². The fraction of sp³-hybridized carbons (Fsp3) is 0.375. The van der Waals surface area contributed by atoms with Crippen LogP contribution in [-0.4, -0.2) is 28.0 Å². The van der Waals surface area contributed by atoms with Crippen LogP contribution in [0.3, 0.4) is 0 Å². The maximum atomic E-state index is 13.7. The van der Waals surface area contributed by atoms with Gasteiger partial charge in [-0.3, -0.25) is 14.9 Å². The second-order valence-corrected chi connectivity index (χ2v) is 8.97. The van der Waals surface area contributed by atoms with Crippen LogP contribution in [0.1, 0.15) is 54.5 Å². The molecule has 0 aliphatic rings. The van der Waals surface area contributed by atoms with Crippen molar-refractivity contribution < 1.29 is 23.1 Å². The van der Waals surface area contributed by atoms with E-state index in [0.717, 1.165) is 24.1 Å². The minimum absolute atomic E-state index is 0.223. The zero-order valence-corrected chi connectivity index (χ0v) is 19.7. The van der Waals surface area contributed by atoms with Crippen molar-refractivity contribution in [3.05, 3.63) is 70.0 Å². The van der Waals surface area contributed by atoms with E-state index in [0.29, 0.717) is 41.0 Å². The Labute approximate surface area is 195 Å². The molecular formula is C24H27F2N3O3S. The molecule has 0 atom stereocenters. The molecule has 0 fully saturated rings. The van der Waals surface area contributed by atoms with Gasteiger partial charge in [0.1, 0.15) is 5.69 Å². The average Bonchev–Trinajstić information content (AvgIpc) is 3.35. The Morgan fingerprint density at radius 3 is 2.67 bits per heavy atom. The first kappa shape index (κ1) is 24.6. The fourth-order valence-electron chi connectivity index (χ4n) is 3.41. The minimum Gasteiger partial charge on any atom is -0.466 e. The summed E-state index contributed by atoms with van der Waals surface area (Å²) in [5.41, 5.74) is 2.62. The summed E-state index contributed by atoms with van der Waals surface area (Å²) in [5.74, 6) is -2.08. The van der Waals surface area contributed by atoms with Gasteiger partial charge in [-0.1, -0.05) is 19.9 Å². The van der Waals surface area contributed by atoms with Crippen LogP contribution in [-0.2, 0) is 28.9 Å². The third-order valence-electron chi connectivity index (χ3n) is 4.83. The molecule has 0 spiro atoms. The number of hydrogen-bond donors (Lipinski definition) is 1. The lowest BCUT2D eigenvalue weighted by atomic mass is 10.1. The van der Waals surface area contributed by atoms with Crippen molar-refractivity contribution in [1.29, 1.82) is 0 Å². The van der Waals surface area contributed by atoms with Crippen molar-refractivity contribution in [3.63, 3.8) is 0 Å². The molecule has 2 aromatic heterocycles. The second kappa shape index (κ2) is 11.2. The van der Waals surface area contributed by atoms with E-state index in [1.165, 1.54) is 17.4 Å². The number of amides is 1. The molecule has 3 rings (SSSR count). The van der Waals surface area contributed by atoms with E-state index in [-0.39, 0.29) is 24.8 Å². The molecule has 9 heteroatoms.